The molecule has 1 aromatic heterocycles. The molecule has 4 rings (SSSR count). The number of anilines is 1. The first kappa shape index (κ1) is 13.0. The van der Waals surface area contributed by atoms with Gasteiger partial charge in [-0.2, -0.15) is 0 Å². The molecule has 110 valence electrons. The smallest absolute Gasteiger partial charge is 0.314 e. The Morgan fingerprint density at radius 1 is 1.48 bits per heavy atom. The summed E-state index contributed by atoms with van der Waals surface area (Å²) in [5, 5.41) is 10.6. The van der Waals surface area contributed by atoms with Gasteiger partial charge in [-0.25, -0.2) is 4.98 Å². The maximum Gasteiger partial charge on any atom is 0.314 e. The van der Waals surface area contributed by atoms with Crippen LogP contribution < -0.4 is 4.90 Å². The van der Waals surface area contributed by atoms with Crippen LogP contribution in [0.25, 0.3) is 10.2 Å². The molecule has 1 N–H and O–H groups in total. The molecule has 21 heavy (non-hydrogen) atoms. The molecule has 2 aliphatic rings. The monoisotopic (exact) mass is 304 g/mol. The Bertz CT molecular complexity index is 668. The number of hydrogen-bond donors (Lipinski definition) is 1. The number of thiazole rings is 1. The highest BCUT2D eigenvalue weighted by molar-refractivity contribution is 7.22. The van der Waals surface area contributed by atoms with Crippen molar-refractivity contribution in [1.29, 1.82) is 0 Å². The maximum atomic E-state index is 11.8. The van der Waals surface area contributed by atoms with Gasteiger partial charge in [-0.3, -0.25) is 4.79 Å². The zero-order chi connectivity index (χ0) is 14.4. The van der Waals surface area contributed by atoms with E-state index >= 15 is 0 Å². The largest absolute Gasteiger partial charge is 0.481 e. The van der Waals surface area contributed by atoms with Gasteiger partial charge in [0, 0.05) is 19.7 Å². The van der Waals surface area contributed by atoms with E-state index in [1.807, 2.05) is 18.2 Å². The number of nitrogens with zero attached hydrogens (tertiary/aromatic N) is 2. The van der Waals surface area contributed by atoms with Crippen molar-refractivity contribution in [1.82, 2.24) is 4.98 Å². The second kappa shape index (κ2) is 4.68. The van der Waals surface area contributed by atoms with Gasteiger partial charge in [-0.05, 0) is 24.5 Å². The van der Waals surface area contributed by atoms with Gasteiger partial charge >= 0.3 is 5.97 Å². The van der Waals surface area contributed by atoms with E-state index in [2.05, 4.69) is 16.0 Å². The predicted molar refractivity (Wildman–Crippen MR) is 80.8 cm³/mol. The minimum absolute atomic E-state index is 0.149. The van der Waals surface area contributed by atoms with Gasteiger partial charge in [0.2, 0.25) is 0 Å². The number of aliphatic carboxylic acids is 1. The fourth-order valence-corrected chi connectivity index (χ4v) is 4.40. The zero-order valence-corrected chi connectivity index (χ0v) is 12.3. The molecule has 2 saturated heterocycles. The van der Waals surface area contributed by atoms with E-state index in [4.69, 9.17) is 4.74 Å². The number of rotatable bonds is 2. The molecule has 6 heteroatoms. The molecular weight excluding hydrogens is 288 g/mol. The van der Waals surface area contributed by atoms with Crippen LogP contribution in [-0.4, -0.2) is 42.4 Å². The molecule has 1 aromatic carbocycles. The molecule has 3 heterocycles. The third-order valence-electron chi connectivity index (χ3n) is 4.64. The number of ether oxygens (including phenoxy) is 1. The summed E-state index contributed by atoms with van der Waals surface area (Å²) in [4.78, 5) is 18.6. The molecule has 2 fully saturated rings. The van der Waals surface area contributed by atoms with Crippen molar-refractivity contribution < 1.29 is 14.6 Å². The summed E-state index contributed by atoms with van der Waals surface area (Å²) in [6.45, 7) is 2.23. The van der Waals surface area contributed by atoms with Crippen LogP contribution in [0, 0.1) is 11.3 Å². The molecule has 0 saturated carbocycles. The zero-order valence-electron chi connectivity index (χ0n) is 11.5. The van der Waals surface area contributed by atoms with Crippen molar-refractivity contribution in [3.8, 4) is 0 Å². The van der Waals surface area contributed by atoms with Crippen molar-refractivity contribution in [2.75, 3.05) is 31.2 Å². The van der Waals surface area contributed by atoms with Crippen molar-refractivity contribution in [3.63, 3.8) is 0 Å². The fraction of sp³-hybridized carbons (Fsp3) is 0.467. The van der Waals surface area contributed by atoms with Crippen LogP contribution in [0.3, 0.4) is 0 Å². The second-order valence-electron chi connectivity index (χ2n) is 5.84. The number of fused-ring (bicyclic) bond motifs is 2. The summed E-state index contributed by atoms with van der Waals surface area (Å²) < 4.78 is 6.61. The first-order valence-electron chi connectivity index (χ1n) is 7.11. The summed E-state index contributed by atoms with van der Waals surface area (Å²) in [5.41, 5.74) is 0.212. The SMILES string of the molecule is O=C(O)[C@]12COCC[C@H]1CN(c1nc3ccccc3s1)C2. The second-order valence-corrected chi connectivity index (χ2v) is 6.85. The van der Waals surface area contributed by atoms with E-state index in [9.17, 15) is 9.90 Å². The van der Waals surface area contributed by atoms with Crippen LogP contribution in [0.4, 0.5) is 5.13 Å². The third kappa shape index (κ3) is 1.93. The lowest BCUT2D eigenvalue weighted by Crippen LogP contribution is -2.46. The van der Waals surface area contributed by atoms with Crippen LogP contribution >= 0.6 is 11.3 Å². The number of benzene rings is 1. The van der Waals surface area contributed by atoms with Crippen LogP contribution in [0.1, 0.15) is 6.42 Å². The van der Waals surface area contributed by atoms with Gasteiger partial charge < -0.3 is 14.7 Å². The van der Waals surface area contributed by atoms with Crippen molar-refractivity contribution >= 4 is 32.7 Å². The summed E-state index contributed by atoms with van der Waals surface area (Å²) in [5.74, 6) is -0.591. The molecule has 0 unspecified atom stereocenters. The van der Waals surface area contributed by atoms with Gasteiger partial charge in [0.1, 0.15) is 5.41 Å². The summed E-state index contributed by atoms with van der Waals surface area (Å²) in [6, 6.07) is 8.02. The van der Waals surface area contributed by atoms with Gasteiger partial charge in [0.05, 0.1) is 16.8 Å². The fourth-order valence-electron chi connectivity index (χ4n) is 3.43. The van der Waals surface area contributed by atoms with Gasteiger partial charge in [-0.1, -0.05) is 23.5 Å². The Labute approximate surface area is 126 Å². The van der Waals surface area contributed by atoms with Crippen LogP contribution in [0.5, 0.6) is 0 Å². The van der Waals surface area contributed by atoms with Crippen molar-refractivity contribution in [2.24, 2.45) is 11.3 Å². The standard InChI is InChI=1S/C15H16N2O3S/c18-13(19)15-8-17(7-10(15)5-6-20-9-15)14-16-11-3-1-2-4-12(11)21-14/h1-4,10H,5-9H2,(H,18,19)/t10-,15+/m0/s1. The minimum Gasteiger partial charge on any atom is -0.481 e. The highest BCUT2D eigenvalue weighted by Gasteiger charge is 2.54. The molecule has 0 bridgehead atoms. The summed E-state index contributed by atoms with van der Waals surface area (Å²) in [6.07, 6.45) is 0.813. The highest BCUT2D eigenvalue weighted by Crippen LogP contribution is 2.44. The van der Waals surface area contributed by atoms with Gasteiger partial charge in [0.15, 0.2) is 5.13 Å². The summed E-state index contributed by atoms with van der Waals surface area (Å²) >= 11 is 1.63. The van der Waals surface area contributed by atoms with Gasteiger partial charge in [0.25, 0.3) is 0 Å². The van der Waals surface area contributed by atoms with E-state index in [1.54, 1.807) is 11.3 Å². The number of hydrogen-bond acceptors (Lipinski definition) is 5. The third-order valence-corrected chi connectivity index (χ3v) is 5.74. The van der Waals surface area contributed by atoms with E-state index in [0.29, 0.717) is 19.8 Å². The van der Waals surface area contributed by atoms with Crippen LogP contribution in [-0.2, 0) is 9.53 Å². The molecule has 5 nitrogen and oxygen atoms in total. The molecule has 0 amide bonds. The Kier molecular flexibility index (Phi) is 2.90. The quantitative estimate of drug-likeness (QED) is 0.922. The maximum absolute atomic E-state index is 11.8. The highest BCUT2D eigenvalue weighted by atomic mass is 32.1. The first-order valence-corrected chi connectivity index (χ1v) is 7.92. The Hall–Kier alpha value is -1.66. The lowest BCUT2D eigenvalue weighted by atomic mass is 9.76. The van der Waals surface area contributed by atoms with Crippen molar-refractivity contribution in [3.05, 3.63) is 24.3 Å². The summed E-state index contributed by atoms with van der Waals surface area (Å²) in [7, 11) is 0. The van der Waals surface area contributed by atoms with Crippen LogP contribution in [0.15, 0.2) is 24.3 Å². The topological polar surface area (TPSA) is 62.7 Å². The van der Waals surface area contributed by atoms with E-state index < -0.39 is 11.4 Å². The molecule has 2 aliphatic heterocycles. The van der Waals surface area contributed by atoms with Crippen LogP contribution in [0.2, 0.25) is 0 Å². The minimum atomic E-state index is -0.768. The molecule has 0 spiro atoms. The Morgan fingerprint density at radius 3 is 3.10 bits per heavy atom. The predicted octanol–water partition coefficient (Wildman–Crippen LogP) is 2.22. The number of aromatic nitrogens is 1. The van der Waals surface area contributed by atoms with E-state index in [0.717, 1.165) is 28.3 Å². The molecule has 2 atom stereocenters. The number of carboxylic acid groups (broad SMARTS) is 1. The Balaban J connectivity index is 1.69. The average Bonchev–Trinajstić information content (AvgIpc) is 3.09. The average molecular weight is 304 g/mol. The Morgan fingerprint density at radius 2 is 2.33 bits per heavy atom. The molecule has 0 radical (unpaired) electrons. The molecule has 2 aromatic rings. The van der Waals surface area contributed by atoms with E-state index in [1.165, 1.54) is 0 Å². The van der Waals surface area contributed by atoms with Crippen molar-refractivity contribution in [2.45, 2.75) is 6.42 Å². The lowest BCUT2D eigenvalue weighted by Gasteiger charge is -2.33. The first-order chi connectivity index (χ1) is 10.2. The van der Waals surface area contributed by atoms with Gasteiger partial charge in [-0.15, -0.1) is 0 Å². The lowest BCUT2D eigenvalue weighted by molar-refractivity contribution is -0.159. The number of carbonyl (C=O) groups is 1. The molecular formula is C15H16N2O3S. The molecule has 0 aliphatic carbocycles. The van der Waals surface area contributed by atoms with E-state index in [-0.39, 0.29) is 5.92 Å². The number of para-hydroxylation sites is 1. The normalized spacial score (nSPS) is 28.8. The number of carboxylic acids is 1.